The van der Waals surface area contributed by atoms with Gasteiger partial charge in [0.1, 0.15) is 5.60 Å². The second-order valence-electron chi connectivity index (χ2n) is 8.86. The van der Waals surface area contributed by atoms with Crippen LogP contribution in [0.5, 0.6) is 0 Å². The Morgan fingerprint density at radius 2 is 1.92 bits per heavy atom. The molecule has 2 aliphatic rings. The molecule has 1 aromatic rings. The van der Waals surface area contributed by atoms with Gasteiger partial charge in [-0.1, -0.05) is 25.4 Å². The van der Waals surface area contributed by atoms with E-state index in [4.69, 9.17) is 14.2 Å². The molecule has 25 heavy (non-hydrogen) atoms. The van der Waals surface area contributed by atoms with Crippen LogP contribution >= 0.6 is 0 Å². The molecular formula is C19H31N3O3. The Kier molecular flexibility index (Phi) is 4.82. The number of carbonyl (C=O) groups is 1. The zero-order chi connectivity index (χ0) is 18.2. The van der Waals surface area contributed by atoms with Crippen molar-refractivity contribution in [3.05, 3.63) is 11.7 Å². The van der Waals surface area contributed by atoms with Gasteiger partial charge in [-0.3, -0.25) is 0 Å². The standard InChI is InChI=1S/C19H31N3O3/c1-13(2)19(16-20-15(25-21-16)14-7-6-8-14)9-11-22(12-10-19)17(23)24-18(3,4)5/h13-14H,6-12H2,1-5H3. The van der Waals surface area contributed by atoms with Crippen LogP contribution in [0.1, 0.15) is 84.4 Å². The summed E-state index contributed by atoms with van der Waals surface area (Å²) in [6, 6.07) is 0. The van der Waals surface area contributed by atoms with Gasteiger partial charge in [0.25, 0.3) is 0 Å². The molecule has 3 rings (SSSR count). The summed E-state index contributed by atoms with van der Waals surface area (Å²) in [5.74, 6) is 2.47. The lowest BCUT2D eigenvalue weighted by atomic mass is 9.69. The predicted molar refractivity (Wildman–Crippen MR) is 94.4 cm³/mol. The van der Waals surface area contributed by atoms with Crippen molar-refractivity contribution in [3.63, 3.8) is 0 Å². The third-order valence-electron chi connectivity index (χ3n) is 5.75. The second kappa shape index (κ2) is 6.61. The second-order valence-corrected chi connectivity index (χ2v) is 8.86. The van der Waals surface area contributed by atoms with E-state index in [-0.39, 0.29) is 11.5 Å². The quantitative estimate of drug-likeness (QED) is 0.815. The molecule has 0 radical (unpaired) electrons. The van der Waals surface area contributed by atoms with Crippen molar-refractivity contribution in [1.82, 2.24) is 15.0 Å². The number of likely N-dealkylation sites (tertiary alicyclic amines) is 1. The number of hydrogen-bond acceptors (Lipinski definition) is 5. The molecule has 1 amide bonds. The molecule has 0 unspecified atom stereocenters. The van der Waals surface area contributed by atoms with E-state index in [0.29, 0.717) is 24.9 Å². The van der Waals surface area contributed by atoms with Crippen molar-refractivity contribution in [2.24, 2.45) is 5.92 Å². The van der Waals surface area contributed by atoms with Gasteiger partial charge in [-0.05, 0) is 52.4 Å². The molecule has 1 aliphatic carbocycles. The van der Waals surface area contributed by atoms with Crippen LogP contribution in [0.2, 0.25) is 0 Å². The summed E-state index contributed by atoms with van der Waals surface area (Å²) in [4.78, 5) is 18.9. The Balaban J connectivity index is 1.71. The number of rotatable bonds is 3. The lowest BCUT2D eigenvalue weighted by molar-refractivity contribution is 0.0126. The van der Waals surface area contributed by atoms with Gasteiger partial charge in [-0.15, -0.1) is 0 Å². The molecular weight excluding hydrogens is 318 g/mol. The van der Waals surface area contributed by atoms with Gasteiger partial charge in [0.15, 0.2) is 5.82 Å². The van der Waals surface area contributed by atoms with Gasteiger partial charge in [0.05, 0.1) is 0 Å². The summed E-state index contributed by atoms with van der Waals surface area (Å²) < 4.78 is 11.1. The fourth-order valence-corrected chi connectivity index (χ4v) is 3.73. The lowest BCUT2D eigenvalue weighted by Crippen LogP contribution is -2.49. The summed E-state index contributed by atoms with van der Waals surface area (Å²) in [6.45, 7) is 11.4. The Labute approximate surface area is 150 Å². The number of amides is 1. The molecule has 0 N–H and O–H groups in total. The fraction of sp³-hybridized carbons (Fsp3) is 0.842. The first-order chi connectivity index (χ1) is 11.7. The van der Waals surface area contributed by atoms with Crippen LogP contribution in [0.3, 0.4) is 0 Å². The van der Waals surface area contributed by atoms with Crippen molar-refractivity contribution < 1.29 is 14.1 Å². The average molecular weight is 349 g/mol. The molecule has 1 aromatic heterocycles. The molecule has 1 saturated heterocycles. The molecule has 2 heterocycles. The Hall–Kier alpha value is -1.59. The Morgan fingerprint density at radius 1 is 1.28 bits per heavy atom. The first kappa shape index (κ1) is 18.2. The van der Waals surface area contributed by atoms with Gasteiger partial charge in [-0.25, -0.2) is 4.79 Å². The van der Waals surface area contributed by atoms with Gasteiger partial charge < -0.3 is 14.2 Å². The van der Waals surface area contributed by atoms with Crippen molar-refractivity contribution >= 4 is 6.09 Å². The number of aromatic nitrogens is 2. The van der Waals surface area contributed by atoms with Gasteiger partial charge in [0.2, 0.25) is 5.89 Å². The van der Waals surface area contributed by atoms with Crippen molar-refractivity contribution in [3.8, 4) is 0 Å². The SMILES string of the molecule is CC(C)C1(c2noc(C3CCC3)n2)CCN(C(=O)OC(C)(C)C)CC1. The maximum Gasteiger partial charge on any atom is 0.410 e. The van der Waals surface area contributed by atoms with E-state index in [1.165, 1.54) is 6.42 Å². The number of ether oxygens (including phenoxy) is 1. The minimum atomic E-state index is -0.463. The average Bonchev–Trinajstić information content (AvgIpc) is 2.93. The van der Waals surface area contributed by atoms with Crippen LogP contribution in [-0.2, 0) is 10.2 Å². The van der Waals surface area contributed by atoms with Crippen LogP contribution in [0.4, 0.5) is 4.79 Å². The smallest absolute Gasteiger partial charge is 0.410 e. The summed E-state index contributed by atoms with van der Waals surface area (Å²) in [7, 11) is 0. The fourth-order valence-electron chi connectivity index (χ4n) is 3.73. The molecule has 0 aromatic carbocycles. The maximum absolute atomic E-state index is 12.3. The van der Waals surface area contributed by atoms with E-state index in [1.54, 1.807) is 4.90 Å². The largest absolute Gasteiger partial charge is 0.444 e. The minimum absolute atomic E-state index is 0.121. The topological polar surface area (TPSA) is 68.5 Å². The molecule has 1 aliphatic heterocycles. The van der Waals surface area contributed by atoms with Gasteiger partial charge in [0, 0.05) is 24.4 Å². The molecule has 140 valence electrons. The Morgan fingerprint density at radius 3 is 2.40 bits per heavy atom. The van der Waals surface area contributed by atoms with Crippen LogP contribution in [0, 0.1) is 5.92 Å². The first-order valence-electron chi connectivity index (χ1n) is 9.53. The minimum Gasteiger partial charge on any atom is -0.444 e. The van der Waals surface area contributed by atoms with E-state index in [2.05, 4.69) is 19.0 Å². The van der Waals surface area contributed by atoms with Gasteiger partial charge in [-0.2, -0.15) is 4.98 Å². The van der Waals surface area contributed by atoms with Crippen molar-refractivity contribution in [2.75, 3.05) is 13.1 Å². The molecule has 0 bridgehead atoms. The molecule has 6 heteroatoms. The van der Waals surface area contributed by atoms with Crippen molar-refractivity contribution in [2.45, 2.75) is 83.7 Å². The van der Waals surface area contributed by atoms with Gasteiger partial charge >= 0.3 is 6.09 Å². The summed E-state index contributed by atoms with van der Waals surface area (Å²) in [6.07, 6.45) is 5.02. The molecule has 2 fully saturated rings. The molecule has 1 saturated carbocycles. The highest BCUT2D eigenvalue weighted by Crippen LogP contribution is 2.42. The number of hydrogen-bond donors (Lipinski definition) is 0. The van der Waals surface area contributed by atoms with Crippen LogP contribution in [-0.4, -0.2) is 39.8 Å². The predicted octanol–water partition coefficient (Wildman–Crippen LogP) is 4.26. The van der Waals surface area contributed by atoms with E-state index in [0.717, 1.165) is 37.4 Å². The van der Waals surface area contributed by atoms with E-state index < -0.39 is 5.60 Å². The third-order valence-corrected chi connectivity index (χ3v) is 5.75. The summed E-state index contributed by atoms with van der Waals surface area (Å²) in [5.41, 5.74) is -0.584. The monoisotopic (exact) mass is 349 g/mol. The normalized spacial score (nSPS) is 21.3. The van der Waals surface area contributed by atoms with Crippen LogP contribution in [0.15, 0.2) is 4.52 Å². The van der Waals surface area contributed by atoms with E-state index >= 15 is 0 Å². The number of piperidine rings is 1. The Bertz CT molecular complexity index is 606. The van der Waals surface area contributed by atoms with E-state index in [9.17, 15) is 4.79 Å². The zero-order valence-corrected chi connectivity index (χ0v) is 16.2. The number of nitrogens with zero attached hydrogens (tertiary/aromatic N) is 3. The van der Waals surface area contributed by atoms with Crippen LogP contribution < -0.4 is 0 Å². The highest BCUT2D eigenvalue weighted by atomic mass is 16.6. The van der Waals surface area contributed by atoms with E-state index in [1.807, 2.05) is 20.8 Å². The highest BCUT2D eigenvalue weighted by molar-refractivity contribution is 5.68. The van der Waals surface area contributed by atoms with Crippen LogP contribution in [0.25, 0.3) is 0 Å². The summed E-state index contributed by atoms with van der Waals surface area (Å²) in [5, 5.41) is 4.34. The molecule has 6 nitrogen and oxygen atoms in total. The molecule has 0 atom stereocenters. The molecule has 0 spiro atoms. The zero-order valence-electron chi connectivity index (χ0n) is 16.2. The lowest BCUT2D eigenvalue weighted by Gasteiger charge is -2.42. The number of carbonyl (C=O) groups excluding carboxylic acids is 1. The third kappa shape index (κ3) is 3.67. The first-order valence-corrected chi connectivity index (χ1v) is 9.53. The maximum atomic E-state index is 12.3. The van der Waals surface area contributed by atoms with Crippen molar-refractivity contribution in [1.29, 1.82) is 0 Å². The summed E-state index contributed by atoms with van der Waals surface area (Å²) >= 11 is 0. The highest BCUT2D eigenvalue weighted by Gasteiger charge is 2.44.